The summed E-state index contributed by atoms with van der Waals surface area (Å²) in [5.74, 6) is -0.638. The van der Waals surface area contributed by atoms with E-state index in [4.69, 9.17) is 33.0 Å². The molecule has 0 fully saturated rings. The highest BCUT2D eigenvalue weighted by Crippen LogP contribution is 2.29. The lowest BCUT2D eigenvalue weighted by Crippen LogP contribution is -2.10. The summed E-state index contributed by atoms with van der Waals surface area (Å²) in [7, 11) is 1.65. The van der Waals surface area contributed by atoms with E-state index in [-0.39, 0.29) is 6.01 Å². The molecule has 1 aromatic heterocycles. The van der Waals surface area contributed by atoms with Crippen molar-refractivity contribution in [2.45, 2.75) is 0 Å². The van der Waals surface area contributed by atoms with Crippen LogP contribution in [0, 0.1) is 0 Å². The van der Waals surface area contributed by atoms with Crippen LogP contribution in [-0.2, 0) is 11.8 Å². The minimum absolute atomic E-state index is 0.0223. The number of hydrogen-bond donors (Lipinski definition) is 1. The van der Waals surface area contributed by atoms with Crippen molar-refractivity contribution in [3.05, 3.63) is 28.2 Å². The Morgan fingerprint density at radius 3 is 2.84 bits per heavy atom. The van der Waals surface area contributed by atoms with Crippen molar-refractivity contribution in [2.75, 3.05) is 6.61 Å². The Hall–Kier alpha value is -1.79. The van der Waals surface area contributed by atoms with Crippen molar-refractivity contribution in [3.63, 3.8) is 0 Å². The Bertz CT molecular complexity index is 628. The first-order valence-electron chi connectivity index (χ1n) is 5.18. The van der Waals surface area contributed by atoms with Gasteiger partial charge in [-0.15, -0.1) is 5.10 Å². The summed E-state index contributed by atoms with van der Waals surface area (Å²) >= 11 is 11.9. The molecule has 0 atom stereocenters. The number of carboxylic acid groups (broad SMARTS) is 1. The minimum Gasteiger partial charge on any atom is -0.479 e. The molecule has 0 amide bonds. The predicted octanol–water partition coefficient (Wildman–Crippen LogP) is 2.25. The highest BCUT2D eigenvalue weighted by atomic mass is 35.5. The molecule has 0 unspecified atom stereocenters. The number of benzene rings is 1. The van der Waals surface area contributed by atoms with Gasteiger partial charge in [0.15, 0.2) is 12.4 Å². The van der Waals surface area contributed by atoms with Gasteiger partial charge in [0.05, 0.1) is 5.02 Å². The van der Waals surface area contributed by atoms with E-state index in [1.807, 2.05) is 0 Å². The lowest BCUT2D eigenvalue weighted by molar-refractivity contribution is -0.139. The molecule has 0 aliphatic heterocycles. The lowest BCUT2D eigenvalue weighted by atomic mass is 10.2. The Kier molecular flexibility index (Phi) is 3.92. The fraction of sp³-hybridized carbons (Fsp3) is 0.182. The molecular formula is C11H9Cl2N3O3. The number of rotatable bonds is 4. The van der Waals surface area contributed by atoms with Crippen LogP contribution in [0.15, 0.2) is 18.2 Å². The maximum atomic E-state index is 10.4. The zero-order chi connectivity index (χ0) is 14.0. The summed E-state index contributed by atoms with van der Waals surface area (Å²) in [6.07, 6.45) is 0. The standard InChI is InChI=1S/C11H9Cl2N3O3/c1-16-10(7-3-2-6(12)4-8(7)13)14-11(15-16)19-5-9(17)18/h2-4H,5H2,1H3,(H,17,18). The normalized spacial score (nSPS) is 10.5. The number of ether oxygens (including phenoxy) is 1. The average Bonchev–Trinajstić information content (AvgIpc) is 2.68. The Morgan fingerprint density at radius 1 is 1.47 bits per heavy atom. The second kappa shape index (κ2) is 5.46. The smallest absolute Gasteiger partial charge is 0.341 e. The molecule has 6 nitrogen and oxygen atoms in total. The van der Waals surface area contributed by atoms with Crippen LogP contribution in [0.5, 0.6) is 6.01 Å². The van der Waals surface area contributed by atoms with Gasteiger partial charge in [0, 0.05) is 17.6 Å². The van der Waals surface area contributed by atoms with Crippen molar-refractivity contribution in [3.8, 4) is 17.4 Å². The first-order chi connectivity index (χ1) is 8.97. The molecule has 0 radical (unpaired) electrons. The van der Waals surface area contributed by atoms with Gasteiger partial charge in [-0.25, -0.2) is 9.48 Å². The zero-order valence-corrected chi connectivity index (χ0v) is 11.3. The number of aryl methyl sites for hydroxylation is 1. The number of aromatic nitrogens is 3. The van der Waals surface area contributed by atoms with Gasteiger partial charge in [-0.1, -0.05) is 23.2 Å². The molecule has 0 spiro atoms. The van der Waals surface area contributed by atoms with Crippen LogP contribution >= 0.6 is 23.2 Å². The number of hydrogen-bond acceptors (Lipinski definition) is 4. The summed E-state index contributed by atoms with van der Waals surface area (Å²) < 4.78 is 6.35. The van der Waals surface area contributed by atoms with Gasteiger partial charge >= 0.3 is 12.0 Å². The fourth-order valence-corrected chi connectivity index (χ4v) is 1.95. The van der Waals surface area contributed by atoms with Crippen LogP contribution in [0.25, 0.3) is 11.4 Å². The quantitative estimate of drug-likeness (QED) is 0.937. The van der Waals surface area contributed by atoms with Crippen molar-refractivity contribution >= 4 is 29.2 Å². The largest absolute Gasteiger partial charge is 0.479 e. The van der Waals surface area contributed by atoms with E-state index in [9.17, 15) is 4.79 Å². The summed E-state index contributed by atoms with van der Waals surface area (Å²) in [5.41, 5.74) is 0.631. The fourth-order valence-electron chi connectivity index (χ4n) is 1.45. The van der Waals surface area contributed by atoms with Gasteiger partial charge in [-0.05, 0) is 18.2 Å². The molecule has 1 aromatic carbocycles. The predicted molar refractivity (Wildman–Crippen MR) is 69.6 cm³/mol. The number of aliphatic carboxylic acids is 1. The molecule has 8 heteroatoms. The second-order valence-electron chi connectivity index (χ2n) is 3.65. The molecule has 1 N–H and O–H groups in total. The highest BCUT2D eigenvalue weighted by Gasteiger charge is 2.14. The Morgan fingerprint density at radius 2 is 2.21 bits per heavy atom. The third kappa shape index (κ3) is 3.15. The summed E-state index contributed by atoms with van der Waals surface area (Å²) in [6, 6.07) is 4.95. The van der Waals surface area contributed by atoms with Gasteiger partial charge in [-0.3, -0.25) is 0 Å². The van der Waals surface area contributed by atoms with Crippen LogP contribution in [0.1, 0.15) is 0 Å². The Labute approximate surface area is 118 Å². The molecule has 2 aromatic rings. The van der Waals surface area contributed by atoms with Gasteiger partial charge in [-0.2, -0.15) is 4.98 Å². The molecule has 2 rings (SSSR count). The molecule has 1 heterocycles. The number of nitrogens with zero attached hydrogens (tertiary/aromatic N) is 3. The Balaban J connectivity index is 2.32. The monoisotopic (exact) mass is 301 g/mol. The van der Waals surface area contributed by atoms with E-state index in [0.717, 1.165) is 0 Å². The molecule has 100 valence electrons. The summed E-state index contributed by atoms with van der Waals surface area (Å²) in [4.78, 5) is 14.5. The van der Waals surface area contributed by atoms with Crippen LogP contribution < -0.4 is 4.74 Å². The molecule has 0 aliphatic rings. The first-order valence-corrected chi connectivity index (χ1v) is 5.94. The van der Waals surface area contributed by atoms with Crippen LogP contribution in [0.3, 0.4) is 0 Å². The van der Waals surface area contributed by atoms with Crippen molar-refractivity contribution < 1.29 is 14.6 Å². The number of carbonyl (C=O) groups is 1. The molecule has 0 bridgehead atoms. The number of carboxylic acids is 1. The van der Waals surface area contributed by atoms with E-state index in [0.29, 0.717) is 21.4 Å². The van der Waals surface area contributed by atoms with Crippen molar-refractivity contribution in [2.24, 2.45) is 7.05 Å². The van der Waals surface area contributed by atoms with Gasteiger partial charge in [0.25, 0.3) is 0 Å². The van der Waals surface area contributed by atoms with Gasteiger partial charge < -0.3 is 9.84 Å². The molecule has 19 heavy (non-hydrogen) atoms. The van der Waals surface area contributed by atoms with Crippen molar-refractivity contribution in [1.82, 2.24) is 14.8 Å². The van der Waals surface area contributed by atoms with Gasteiger partial charge in [0.2, 0.25) is 0 Å². The highest BCUT2D eigenvalue weighted by molar-refractivity contribution is 6.36. The van der Waals surface area contributed by atoms with E-state index >= 15 is 0 Å². The van der Waals surface area contributed by atoms with Crippen LogP contribution in [0.4, 0.5) is 0 Å². The average molecular weight is 302 g/mol. The molecule has 0 saturated heterocycles. The van der Waals surface area contributed by atoms with E-state index in [1.54, 1.807) is 25.2 Å². The SMILES string of the molecule is Cn1nc(OCC(=O)O)nc1-c1ccc(Cl)cc1Cl. The van der Waals surface area contributed by atoms with Crippen LogP contribution in [-0.4, -0.2) is 32.4 Å². The molecule has 0 saturated carbocycles. The van der Waals surface area contributed by atoms with Crippen molar-refractivity contribution in [1.29, 1.82) is 0 Å². The van der Waals surface area contributed by atoms with E-state index < -0.39 is 12.6 Å². The minimum atomic E-state index is -1.10. The van der Waals surface area contributed by atoms with E-state index in [1.165, 1.54) is 4.68 Å². The maximum Gasteiger partial charge on any atom is 0.341 e. The van der Waals surface area contributed by atoms with E-state index in [2.05, 4.69) is 10.1 Å². The molecule has 0 aliphatic carbocycles. The lowest BCUT2D eigenvalue weighted by Gasteiger charge is -2.02. The maximum absolute atomic E-state index is 10.4. The summed E-state index contributed by atoms with van der Waals surface area (Å²) in [6.45, 7) is -0.502. The number of halogens is 2. The zero-order valence-electron chi connectivity index (χ0n) is 9.80. The second-order valence-corrected chi connectivity index (χ2v) is 4.49. The topological polar surface area (TPSA) is 77.2 Å². The summed E-state index contributed by atoms with van der Waals surface area (Å²) in [5, 5.41) is 13.4. The van der Waals surface area contributed by atoms with Gasteiger partial charge in [0.1, 0.15) is 0 Å². The third-order valence-electron chi connectivity index (χ3n) is 2.24. The first kappa shape index (κ1) is 13.6. The molecular weight excluding hydrogens is 293 g/mol. The van der Waals surface area contributed by atoms with Crippen LogP contribution in [0.2, 0.25) is 10.0 Å². The third-order valence-corrected chi connectivity index (χ3v) is 2.79.